The number of methoxy groups -OCH3 is 1. The van der Waals surface area contributed by atoms with Gasteiger partial charge in [0, 0.05) is 0 Å². The Balaban J connectivity index is 1.56. The number of hydrogen-bond acceptors (Lipinski definition) is 3. The summed E-state index contributed by atoms with van der Waals surface area (Å²) < 4.78 is 5.29. The Morgan fingerprint density at radius 2 is 2.04 bits per heavy atom. The van der Waals surface area contributed by atoms with E-state index >= 15 is 0 Å². The molecule has 0 spiro atoms. The van der Waals surface area contributed by atoms with Crippen molar-refractivity contribution in [3.05, 3.63) is 59.2 Å². The van der Waals surface area contributed by atoms with Crippen molar-refractivity contribution in [3.63, 3.8) is 0 Å². The lowest BCUT2D eigenvalue weighted by Crippen LogP contribution is -2.36. The topological polar surface area (TPSA) is 58.6 Å². The van der Waals surface area contributed by atoms with Crippen LogP contribution in [0.1, 0.15) is 42.0 Å². The van der Waals surface area contributed by atoms with Gasteiger partial charge in [0.15, 0.2) is 0 Å². The maximum absolute atomic E-state index is 13.0. The largest absolute Gasteiger partial charge is 0.508 e. The van der Waals surface area contributed by atoms with Crippen LogP contribution in [-0.4, -0.2) is 18.1 Å². The van der Waals surface area contributed by atoms with E-state index in [0.29, 0.717) is 5.75 Å². The van der Waals surface area contributed by atoms with Crippen LogP contribution in [0.2, 0.25) is 0 Å². The fourth-order valence-electron chi connectivity index (χ4n) is 3.77. The summed E-state index contributed by atoms with van der Waals surface area (Å²) >= 11 is 0. The quantitative estimate of drug-likeness (QED) is 0.908. The number of carbonyl (C=O) groups is 1. The molecule has 0 heterocycles. The second-order valence-electron chi connectivity index (χ2n) is 6.72. The fourth-order valence-corrected chi connectivity index (χ4v) is 3.77. The number of benzene rings is 2. The van der Waals surface area contributed by atoms with Gasteiger partial charge in [0.25, 0.3) is 0 Å². The number of phenolic OH excluding ortho intramolecular Hbond substituents is 1. The van der Waals surface area contributed by atoms with Crippen LogP contribution < -0.4 is 10.1 Å². The van der Waals surface area contributed by atoms with Gasteiger partial charge in [-0.05, 0) is 60.6 Å². The van der Waals surface area contributed by atoms with Gasteiger partial charge in [0.2, 0.25) is 5.91 Å². The minimum absolute atomic E-state index is 0.0114. The number of rotatable bonds is 4. The van der Waals surface area contributed by atoms with Gasteiger partial charge in [-0.1, -0.05) is 24.3 Å². The lowest BCUT2D eigenvalue weighted by molar-refractivity contribution is -0.124. The van der Waals surface area contributed by atoms with Crippen molar-refractivity contribution < 1.29 is 14.6 Å². The van der Waals surface area contributed by atoms with E-state index in [1.54, 1.807) is 13.2 Å². The highest BCUT2D eigenvalue weighted by Crippen LogP contribution is 2.50. The first-order valence-corrected chi connectivity index (χ1v) is 8.40. The molecule has 1 unspecified atom stereocenters. The second kappa shape index (κ2) is 5.55. The lowest BCUT2D eigenvalue weighted by Gasteiger charge is -2.21. The van der Waals surface area contributed by atoms with Crippen LogP contribution in [0.3, 0.4) is 0 Å². The molecule has 1 amide bonds. The van der Waals surface area contributed by atoms with E-state index in [4.69, 9.17) is 4.74 Å². The van der Waals surface area contributed by atoms with Crippen molar-refractivity contribution >= 4 is 5.91 Å². The summed E-state index contributed by atoms with van der Waals surface area (Å²) in [5.41, 5.74) is 2.61. The Labute approximate surface area is 141 Å². The summed E-state index contributed by atoms with van der Waals surface area (Å²) in [4.78, 5) is 13.0. The van der Waals surface area contributed by atoms with E-state index in [1.165, 1.54) is 0 Å². The zero-order valence-electron chi connectivity index (χ0n) is 13.7. The van der Waals surface area contributed by atoms with Crippen molar-refractivity contribution in [2.75, 3.05) is 7.11 Å². The summed E-state index contributed by atoms with van der Waals surface area (Å²) in [7, 11) is 1.64. The molecule has 0 aliphatic heterocycles. The summed E-state index contributed by atoms with van der Waals surface area (Å²) in [6, 6.07) is 13.3. The van der Waals surface area contributed by atoms with E-state index in [-0.39, 0.29) is 11.9 Å². The Bertz CT molecular complexity index is 795. The number of aromatic hydroxyl groups is 1. The van der Waals surface area contributed by atoms with E-state index in [0.717, 1.165) is 48.1 Å². The highest BCUT2D eigenvalue weighted by Gasteiger charge is 2.52. The molecule has 0 bridgehead atoms. The first-order chi connectivity index (χ1) is 11.6. The molecule has 1 fully saturated rings. The number of hydrogen-bond donors (Lipinski definition) is 2. The Kier molecular flexibility index (Phi) is 3.48. The molecule has 124 valence electrons. The van der Waals surface area contributed by atoms with E-state index in [1.807, 2.05) is 36.4 Å². The van der Waals surface area contributed by atoms with Crippen molar-refractivity contribution in [1.29, 1.82) is 0 Å². The van der Waals surface area contributed by atoms with Gasteiger partial charge in [-0.15, -0.1) is 0 Å². The Hall–Kier alpha value is -2.49. The summed E-state index contributed by atoms with van der Waals surface area (Å²) in [5, 5.41) is 13.2. The number of nitrogens with one attached hydrogen (secondary N) is 1. The molecule has 1 atom stereocenters. The normalized spacial score (nSPS) is 20.3. The lowest BCUT2D eigenvalue weighted by atomic mass is 9.94. The summed E-state index contributed by atoms with van der Waals surface area (Å²) in [6.45, 7) is 0. The first-order valence-electron chi connectivity index (χ1n) is 8.40. The maximum Gasteiger partial charge on any atom is 0.231 e. The van der Waals surface area contributed by atoms with Gasteiger partial charge in [0.1, 0.15) is 11.5 Å². The van der Waals surface area contributed by atoms with Crippen LogP contribution in [-0.2, 0) is 16.6 Å². The molecule has 0 radical (unpaired) electrons. The first kappa shape index (κ1) is 15.1. The summed E-state index contributed by atoms with van der Waals surface area (Å²) in [5.74, 6) is 1.19. The number of carbonyl (C=O) groups excluding carboxylic acids is 1. The maximum atomic E-state index is 13.0. The minimum atomic E-state index is -0.423. The predicted octanol–water partition coefficient (Wildman–Crippen LogP) is 3.24. The van der Waals surface area contributed by atoms with Gasteiger partial charge in [0.05, 0.1) is 18.6 Å². The van der Waals surface area contributed by atoms with Gasteiger partial charge in [-0.2, -0.15) is 0 Å². The molecule has 2 aromatic carbocycles. The molecule has 1 saturated carbocycles. The molecule has 0 aromatic heterocycles. The predicted molar refractivity (Wildman–Crippen MR) is 91.2 cm³/mol. The molecule has 0 saturated heterocycles. The van der Waals surface area contributed by atoms with E-state index < -0.39 is 5.41 Å². The third-order valence-electron chi connectivity index (χ3n) is 5.36. The molecule has 2 aromatic rings. The van der Waals surface area contributed by atoms with Crippen LogP contribution >= 0.6 is 0 Å². The minimum Gasteiger partial charge on any atom is -0.508 e. The van der Waals surface area contributed by atoms with Gasteiger partial charge < -0.3 is 15.2 Å². The molecular weight excluding hydrogens is 302 g/mol. The van der Waals surface area contributed by atoms with E-state index in [9.17, 15) is 9.90 Å². The third-order valence-corrected chi connectivity index (χ3v) is 5.36. The average molecular weight is 323 g/mol. The number of amides is 1. The van der Waals surface area contributed by atoms with Crippen LogP contribution in [0.5, 0.6) is 11.5 Å². The third kappa shape index (κ3) is 2.33. The SMILES string of the molecule is COc1cccc(C2(C(=O)NC3CCc4c(O)cccc43)CC2)c1. The van der Waals surface area contributed by atoms with Crippen LogP contribution in [0.15, 0.2) is 42.5 Å². The fraction of sp³-hybridized carbons (Fsp3) is 0.350. The number of phenols is 1. The zero-order chi connectivity index (χ0) is 16.7. The molecule has 4 nitrogen and oxygen atoms in total. The van der Waals surface area contributed by atoms with Crippen molar-refractivity contribution in [3.8, 4) is 11.5 Å². The molecule has 4 rings (SSSR count). The van der Waals surface area contributed by atoms with E-state index in [2.05, 4.69) is 5.32 Å². The van der Waals surface area contributed by atoms with Gasteiger partial charge in [-0.3, -0.25) is 4.79 Å². The number of fused-ring (bicyclic) bond motifs is 1. The highest BCUT2D eigenvalue weighted by atomic mass is 16.5. The standard InChI is InChI=1S/C20H21NO3/c1-24-14-5-2-4-13(12-14)20(10-11-20)19(23)21-17-9-8-16-15(17)6-3-7-18(16)22/h2-7,12,17,22H,8-11H2,1H3,(H,21,23). The molecule has 2 N–H and O–H groups in total. The van der Waals surface area contributed by atoms with Crippen LogP contribution in [0.25, 0.3) is 0 Å². The van der Waals surface area contributed by atoms with Crippen LogP contribution in [0.4, 0.5) is 0 Å². The molecule has 2 aliphatic rings. The Morgan fingerprint density at radius 3 is 2.79 bits per heavy atom. The van der Waals surface area contributed by atoms with Crippen LogP contribution in [0, 0.1) is 0 Å². The van der Waals surface area contributed by atoms with Gasteiger partial charge >= 0.3 is 0 Å². The smallest absolute Gasteiger partial charge is 0.231 e. The number of ether oxygens (including phenoxy) is 1. The van der Waals surface area contributed by atoms with Gasteiger partial charge in [-0.25, -0.2) is 0 Å². The molecule has 2 aliphatic carbocycles. The second-order valence-corrected chi connectivity index (χ2v) is 6.72. The highest BCUT2D eigenvalue weighted by molar-refractivity contribution is 5.91. The Morgan fingerprint density at radius 1 is 1.25 bits per heavy atom. The molecular formula is C20H21NO3. The monoisotopic (exact) mass is 323 g/mol. The average Bonchev–Trinajstić information content (AvgIpc) is 3.33. The molecule has 4 heteroatoms. The van der Waals surface area contributed by atoms with Crippen molar-refractivity contribution in [2.24, 2.45) is 0 Å². The zero-order valence-corrected chi connectivity index (χ0v) is 13.7. The van der Waals surface area contributed by atoms with Crippen molar-refractivity contribution in [1.82, 2.24) is 5.32 Å². The summed E-state index contributed by atoms with van der Waals surface area (Å²) in [6.07, 6.45) is 3.38. The van der Waals surface area contributed by atoms with Crippen molar-refractivity contribution in [2.45, 2.75) is 37.1 Å². The molecule has 24 heavy (non-hydrogen) atoms.